The lowest BCUT2D eigenvalue weighted by Gasteiger charge is -2.08. The predicted octanol–water partition coefficient (Wildman–Crippen LogP) is 3.06. The smallest absolute Gasteiger partial charge is 0.243 e. The molecule has 116 valence electrons. The van der Waals surface area contributed by atoms with Gasteiger partial charge in [-0.3, -0.25) is 9.59 Å². The minimum absolute atomic E-state index is 0.0579. The monoisotopic (exact) mass is 399 g/mol. The van der Waals surface area contributed by atoms with E-state index in [1.807, 2.05) is 30.5 Å². The zero-order valence-electron chi connectivity index (χ0n) is 11.8. The van der Waals surface area contributed by atoms with E-state index in [0.29, 0.717) is 5.69 Å². The van der Waals surface area contributed by atoms with Crippen LogP contribution in [0.4, 0.5) is 5.69 Å². The molecule has 0 radical (unpaired) electrons. The number of para-hydroxylation sites is 1. The van der Waals surface area contributed by atoms with Crippen LogP contribution in [0.15, 0.2) is 38.5 Å². The molecule has 0 spiro atoms. The molecule has 1 aromatic carbocycles. The molecular weight excluding hydrogens is 386 g/mol. The van der Waals surface area contributed by atoms with Gasteiger partial charge in [-0.25, -0.2) is 4.98 Å². The second-order valence-corrected chi connectivity index (χ2v) is 7.28. The molecule has 0 saturated heterocycles. The van der Waals surface area contributed by atoms with Crippen LogP contribution in [0.25, 0.3) is 0 Å². The van der Waals surface area contributed by atoms with Gasteiger partial charge >= 0.3 is 0 Å². The molecule has 1 aromatic heterocycles. The molecule has 0 aliphatic carbocycles. The first-order valence-electron chi connectivity index (χ1n) is 6.40. The van der Waals surface area contributed by atoms with Crippen LogP contribution in [0.2, 0.25) is 0 Å². The molecule has 8 heteroatoms. The third-order valence-corrected chi connectivity index (χ3v) is 5.35. The van der Waals surface area contributed by atoms with Gasteiger partial charge in [0.2, 0.25) is 11.8 Å². The Kier molecular flexibility index (Phi) is 6.41. The van der Waals surface area contributed by atoms with Gasteiger partial charge < -0.3 is 10.6 Å². The van der Waals surface area contributed by atoms with Gasteiger partial charge in [-0.15, -0.1) is 11.3 Å². The number of thioether (sulfide) groups is 1. The lowest BCUT2D eigenvalue weighted by molar-refractivity contribution is -0.122. The van der Waals surface area contributed by atoms with Crippen LogP contribution in [0.5, 0.6) is 0 Å². The summed E-state index contributed by atoms with van der Waals surface area (Å²) in [6.45, 7) is 1.85. The zero-order chi connectivity index (χ0) is 15.9. The summed E-state index contributed by atoms with van der Waals surface area (Å²) in [4.78, 5) is 27.7. The Hall–Kier alpha value is -1.38. The average molecular weight is 400 g/mol. The summed E-state index contributed by atoms with van der Waals surface area (Å²) in [6, 6.07) is 7.30. The van der Waals surface area contributed by atoms with Crippen molar-refractivity contribution < 1.29 is 9.59 Å². The standard InChI is InChI=1S/C14H14BrN3O2S2/c1-9-7-21-14(17-9)22-8-13(20)16-6-12(19)18-11-5-3-2-4-10(11)15/h2-5,7H,6,8H2,1H3,(H,16,20)(H,18,19). The summed E-state index contributed by atoms with van der Waals surface area (Å²) >= 11 is 6.22. The number of carbonyl (C=O) groups is 2. The Balaban J connectivity index is 1.71. The highest BCUT2D eigenvalue weighted by molar-refractivity contribution is 9.10. The van der Waals surface area contributed by atoms with E-state index >= 15 is 0 Å². The fourth-order valence-corrected chi connectivity index (χ4v) is 3.58. The molecule has 2 rings (SSSR count). The van der Waals surface area contributed by atoms with Crippen LogP contribution in [0.1, 0.15) is 5.69 Å². The summed E-state index contributed by atoms with van der Waals surface area (Å²) in [7, 11) is 0. The van der Waals surface area contributed by atoms with Gasteiger partial charge in [-0.1, -0.05) is 23.9 Å². The molecule has 0 aliphatic rings. The number of thiazole rings is 1. The Morgan fingerprint density at radius 2 is 2.09 bits per heavy atom. The second kappa shape index (κ2) is 8.30. The Bertz CT molecular complexity index is 676. The van der Waals surface area contributed by atoms with Crippen molar-refractivity contribution in [3.05, 3.63) is 39.8 Å². The molecule has 1 heterocycles. The fraction of sp³-hybridized carbons (Fsp3) is 0.214. The maximum Gasteiger partial charge on any atom is 0.243 e. The van der Waals surface area contributed by atoms with Gasteiger partial charge in [0.15, 0.2) is 4.34 Å². The molecule has 0 fully saturated rings. The molecule has 5 nitrogen and oxygen atoms in total. The summed E-state index contributed by atoms with van der Waals surface area (Å²) in [5, 5.41) is 7.25. The SMILES string of the molecule is Cc1csc(SCC(=O)NCC(=O)Nc2ccccc2Br)n1. The number of benzene rings is 1. The number of amides is 2. The quantitative estimate of drug-likeness (QED) is 0.732. The van der Waals surface area contributed by atoms with E-state index in [0.717, 1.165) is 14.5 Å². The van der Waals surface area contributed by atoms with Gasteiger partial charge in [0.1, 0.15) is 0 Å². The number of hydrogen-bond donors (Lipinski definition) is 2. The highest BCUT2D eigenvalue weighted by atomic mass is 79.9. The molecule has 0 unspecified atom stereocenters. The van der Waals surface area contributed by atoms with E-state index in [9.17, 15) is 9.59 Å². The second-order valence-electron chi connectivity index (χ2n) is 4.35. The minimum atomic E-state index is -0.268. The van der Waals surface area contributed by atoms with Crippen LogP contribution in [0.3, 0.4) is 0 Å². The van der Waals surface area contributed by atoms with Crippen LogP contribution >= 0.6 is 39.0 Å². The van der Waals surface area contributed by atoms with Gasteiger partial charge in [0.05, 0.1) is 18.0 Å². The van der Waals surface area contributed by atoms with Gasteiger partial charge in [0.25, 0.3) is 0 Å². The summed E-state index contributed by atoms with van der Waals surface area (Å²) in [5.74, 6) is -0.217. The maximum atomic E-state index is 11.8. The normalized spacial score (nSPS) is 10.3. The van der Waals surface area contributed by atoms with E-state index in [1.54, 1.807) is 6.07 Å². The lowest BCUT2D eigenvalue weighted by atomic mass is 10.3. The number of nitrogens with one attached hydrogen (secondary N) is 2. The summed E-state index contributed by atoms with van der Waals surface area (Å²) in [6.07, 6.45) is 0. The highest BCUT2D eigenvalue weighted by Gasteiger charge is 2.09. The number of aryl methyl sites for hydroxylation is 1. The summed E-state index contributed by atoms with van der Waals surface area (Å²) < 4.78 is 1.65. The number of nitrogens with zero attached hydrogens (tertiary/aromatic N) is 1. The molecule has 2 aromatic rings. The van der Waals surface area contributed by atoms with Crippen molar-refractivity contribution in [1.29, 1.82) is 0 Å². The van der Waals surface area contributed by atoms with Crippen LogP contribution in [0, 0.1) is 6.92 Å². The van der Waals surface area contributed by atoms with Gasteiger partial charge in [-0.2, -0.15) is 0 Å². The van der Waals surface area contributed by atoms with E-state index in [4.69, 9.17) is 0 Å². The number of halogens is 1. The predicted molar refractivity (Wildman–Crippen MR) is 93.4 cm³/mol. The van der Waals surface area contributed by atoms with E-state index < -0.39 is 0 Å². The third-order valence-electron chi connectivity index (χ3n) is 2.52. The van der Waals surface area contributed by atoms with Crippen molar-refractivity contribution in [3.8, 4) is 0 Å². The number of rotatable bonds is 6. The zero-order valence-corrected chi connectivity index (χ0v) is 15.0. The number of hydrogen-bond acceptors (Lipinski definition) is 5. The lowest BCUT2D eigenvalue weighted by Crippen LogP contribution is -2.33. The van der Waals surface area contributed by atoms with Crippen molar-refractivity contribution in [2.45, 2.75) is 11.3 Å². The number of carbonyl (C=O) groups excluding carboxylic acids is 2. The van der Waals surface area contributed by atoms with E-state index in [2.05, 4.69) is 31.5 Å². The molecule has 0 atom stereocenters. The third kappa shape index (κ3) is 5.43. The Morgan fingerprint density at radius 1 is 1.32 bits per heavy atom. The van der Waals surface area contributed by atoms with Crippen molar-refractivity contribution >= 4 is 56.5 Å². The molecule has 2 N–H and O–H groups in total. The van der Waals surface area contributed by atoms with Gasteiger partial charge in [0, 0.05) is 15.5 Å². The number of aromatic nitrogens is 1. The van der Waals surface area contributed by atoms with Crippen LogP contribution in [-0.2, 0) is 9.59 Å². The first-order chi connectivity index (χ1) is 10.5. The molecule has 2 amide bonds. The topological polar surface area (TPSA) is 71.1 Å². The van der Waals surface area contributed by atoms with Crippen molar-refractivity contribution in [2.75, 3.05) is 17.6 Å². The Morgan fingerprint density at radius 3 is 2.77 bits per heavy atom. The number of anilines is 1. The molecular formula is C14H14BrN3O2S2. The van der Waals surface area contributed by atoms with E-state index in [1.165, 1.54) is 23.1 Å². The highest BCUT2D eigenvalue weighted by Crippen LogP contribution is 2.22. The first-order valence-corrected chi connectivity index (χ1v) is 9.06. The Labute approximate surface area is 145 Å². The molecule has 0 bridgehead atoms. The maximum absolute atomic E-state index is 11.8. The van der Waals surface area contributed by atoms with Crippen LogP contribution in [-0.4, -0.2) is 29.1 Å². The average Bonchev–Trinajstić information content (AvgIpc) is 2.91. The van der Waals surface area contributed by atoms with Crippen molar-refractivity contribution in [3.63, 3.8) is 0 Å². The largest absolute Gasteiger partial charge is 0.346 e. The minimum Gasteiger partial charge on any atom is -0.346 e. The fourth-order valence-electron chi connectivity index (χ4n) is 1.51. The first kappa shape index (κ1) is 17.0. The van der Waals surface area contributed by atoms with E-state index in [-0.39, 0.29) is 24.1 Å². The molecule has 22 heavy (non-hydrogen) atoms. The van der Waals surface area contributed by atoms with Crippen molar-refractivity contribution in [1.82, 2.24) is 10.3 Å². The summed E-state index contributed by atoms with van der Waals surface area (Å²) in [5.41, 5.74) is 1.62. The molecule has 0 saturated carbocycles. The van der Waals surface area contributed by atoms with Gasteiger partial charge in [-0.05, 0) is 35.0 Å². The van der Waals surface area contributed by atoms with Crippen LogP contribution < -0.4 is 10.6 Å². The van der Waals surface area contributed by atoms with Crippen molar-refractivity contribution in [2.24, 2.45) is 0 Å². The molecule has 0 aliphatic heterocycles.